The molecular formula is C16H24O. The first-order chi connectivity index (χ1) is 8.20. The van der Waals surface area contributed by atoms with Gasteiger partial charge in [0.15, 0.2) is 0 Å². The summed E-state index contributed by atoms with van der Waals surface area (Å²) in [4.78, 5) is 11.3. The minimum absolute atomic E-state index is 0.185. The molecular weight excluding hydrogens is 208 g/mol. The molecule has 1 nitrogen and oxygen atoms in total. The van der Waals surface area contributed by atoms with Crippen LogP contribution >= 0.6 is 0 Å². The second-order valence-corrected chi connectivity index (χ2v) is 5.24. The van der Waals surface area contributed by atoms with Crippen LogP contribution in [0.3, 0.4) is 0 Å². The van der Waals surface area contributed by atoms with Crippen molar-refractivity contribution in [2.45, 2.75) is 52.4 Å². The zero-order chi connectivity index (χ0) is 12.6. The predicted molar refractivity (Wildman–Crippen MR) is 73.1 cm³/mol. The standard InChI is InChI=1S/C16H24O/c1-3-4-5-9-12-16(2,14-17)13-15-10-7-6-8-11-15/h6-8,10-11,14H,3-5,9,12-13H2,1-2H3. The van der Waals surface area contributed by atoms with Crippen molar-refractivity contribution in [3.8, 4) is 0 Å². The molecule has 0 amide bonds. The molecule has 1 heteroatoms. The maximum Gasteiger partial charge on any atom is 0.126 e. The van der Waals surface area contributed by atoms with Crippen LogP contribution in [0, 0.1) is 5.41 Å². The number of hydrogen-bond acceptors (Lipinski definition) is 1. The number of unbranched alkanes of at least 4 members (excludes halogenated alkanes) is 3. The van der Waals surface area contributed by atoms with Gasteiger partial charge in [-0.1, -0.05) is 69.9 Å². The Morgan fingerprint density at radius 3 is 2.41 bits per heavy atom. The van der Waals surface area contributed by atoms with Crippen LogP contribution in [0.2, 0.25) is 0 Å². The Balaban J connectivity index is 2.47. The smallest absolute Gasteiger partial charge is 0.126 e. The molecule has 1 aromatic carbocycles. The fraction of sp³-hybridized carbons (Fsp3) is 0.562. The Morgan fingerprint density at radius 1 is 1.12 bits per heavy atom. The largest absolute Gasteiger partial charge is 0.303 e. The van der Waals surface area contributed by atoms with E-state index < -0.39 is 0 Å². The molecule has 1 aromatic rings. The molecule has 1 rings (SSSR count). The topological polar surface area (TPSA) is 17.1 Å². The van der Waals surface area contributed by atoms with Crippen LogP contribution in [0.1, 0.15) is 51.5 Å². The second kappa shape index (κ2) is 7.26. The first kappa shape index (κ1) is 14.0. The summed E-state index contributed by atoms with van der Waals surface area (Å²) in [5.41, 5.74) is 1.08. The number of hydrogen-bond donors (Lipinski definition) is 0. The van der Waals surface area contributed by atoms with Gasteiger partial charge in [-0.15, -0.1) is 0 Å². The van der Waals surface area contributed by atoms with Gasteiger partial charge in [0.1, 0.15) is 6.29 Å². The number of rotatable bonds is 8. The van der Waals surface area contributed by atoms with Crippen molar-refractivity contribution >= 4 is 6.29 Å². The van der Waals surface area contributed by atoms with E-state index in [1.807, 2.05) is 18.2 Å². The lowest BCUT2D eigenvalue weighted by atomic mass is 9.80. The minimum Gasteiger partial charge on any atom is -0.303 e. The zero-order valence-corrected chi connectivity index (χ0v) is 11.1. The molecule has 0 bridgehead atoms. The molecule has 0 saturated carbocycles. The Bertz CT molecular complexity index is 318. The number of carbonyl (C=O) groups excluding carboxylic acids is 1. The van der Waals surface area contributed by atoms with Crippen molar-refractivity contribution in [2.75, 3.05) is 0 Å². The van der Waals surface area contributed by atoms with Gasteiger partial charge in [-0.2, -0.15) is 0 Å². The van der Waals surface area contributed by atoms with Crippen LogP contribution in [0.4, 0.5) is 0 Å². The summed E-state index contributed by atoms with van der Waals surface area (Å²) in [6, 6.07) is 10.3. The predicted octanol–water partition coefficient (Wildman–Crippen LogP) is 4.40. The summed E-state index contributed by atoms with van der Waals surface area (Å²) in [7, 11) is 0. The lowest BCUT2D eigenvalue weighted by Gasteiger charge is -2.23. The Hall–Kier alpha value is -1.11. The Kier molecular flexibility index (Phi) is 5.96. The third-order valence-electron chi connectivity index (χ3n) is 3.34. The van der Waals surface area contributed by atoms with E-state index in [0.717, 1.165) is 25.5 Å². The van der Waals surface area contributed by atoms with Gasteiger partial charge >= 0.3 is 0 Å². The summed E-state index contributed by atoms with van der Waals surface area (Å²) in [6.07, 6.45) is 7.95. The summed E-state index contributed by atoms with van der Waals surface area (Å²) < 4.78 is 0. The average molecular weight is 232 g/mol. The van der Waals surface area contributed by atoms with E-state index in [0.29, 0.717) is 0 Å². The van der Waals surface area contributed by atoms with Crippen LogP contribution in [0.25, 0.3) is 0 Å². The lowest BCUT2D eigenvalue weighted by molar-refractivity contribution is -0.115. The zero-order valence-electron chi connectivity index (χ0n) is 11.1. The molecule has 1 unspecified atom stereocenters. The molecule has 0 fully saturated rings. The molecule has 0 aliphatic carbocycles. The van der Waals surface area contributed by atoms with Crippen LogP contribution in [-0.2, 0) is 11.2 Å². The highest BCUT2D eigenvalue weighted by Crippen LogP contribution is 2.27. The van der Waals surface area contributed by atoms with Gasteiger partial charge in [0.05, 0.1) is 0 Å². The van der Waals surface area contributed by atoms with Crippen molar-refractivity contribution in [3.05, 3.63) is 35.9 Å². The molecule has 0 heterocycles. The van der Waals surface area contributed by atoms with E-state index in [4.69, 9.17) is 0 Å². The van der Waals surface area contributed by atoms with Crippen LogP contribution in [0.5, 0.6) is 0 Å². The minimum atomic E-state index is -0.185. The van der Waals surface area contributed by atoms with Gasteiger partial charge in [-0.05, 0) is 18.4 Å². The van der Waals surface area contributed by atoms with Crippen molar-refractivity contribution in [1.82, 2.24) is 0 Å². The molecule has 1 atom stereocenters. The van der Waals surface area contributed by atoms with Gasteiger partial charge in [-0.3, -0.25) is 0 Å². The van der Waals surface area contributed by atoms with Crippen molar-refractivity contribution in [2.24, 2.45) is 5.41 Å². The first-order valence-electron chi connectivity index (χ1n) is 6.70. The molecule has 0 aliphatic heterocycles. The normalized spacial score (nSPS) is 14.2. The first-order valence-corrected chi connectivity index (χ1v) is 6.70. The van der Waals surface area contributed by atoms with E-state index in [-0.39, 0.29) is 5.41 Å². The highest BCUT2D eigenvalue weighted by atomic mass is 16.1. The van der Waals surface area contributed by atoms with Gasteiger partial charge in [0.25, 0.3) is 0 Å². The maximum atomic E-state index is 11.3. The summed E-state index contributed by atoms with van der Waals surface area (Å²) in [5, 5.41) is 0. The molecule has 0 N–H and O–H groups in total. The Labute approximate surface area is 105 Å². The van der Waals surface area contributed by atoms with E-state index in [1.54, 1.807) is 0 Å². The van der Waals surface area contributed by atoms with E-state index >= 15 is 0 Å². The third-order valence-corrected chi connectivity index (χ3v) is 3.34. The SMILES string of the molecule is CCCCCCC(C)(C=O)Cc1ccccc1. The molecule has 0 saturated heterocycles. The summed E-state index contributed by atoms with van der Waals surface area (Å²) >= 11 is 0. The van der Waals surface area contributed by atoms with Crippen LogP contribution < -0.4 is 0 Å². The highest BCUT2D eigenvalue weighted by molar-refractivity contribution is 5.59. The number of benzene rings is 1. The Morgan fingerprint density at radius 2 is 1.82 bits per heavy atom. The fourth-order valence-corrected chi connectivity index (χ4v) is 2.21. The monoisotopic (exact) mass is 232 g/mol. The van der Waals surface area contributed by atoms with Gasteiger partial charge in [0, 0.05) is 5.41 Å². The van der Waals surface area contributed by atoms with Crippen molar-refractivity contribution in [3.63, 3.8) is 0 Å². The van der Waals surface area contributed by atoms with Crippen molar-refractivity contribution < 1.29 is 4.79 Å². The third kappa shape index (κ3) is 5.16. The summed E-state index contributed by atoms with van der Waals surface area (Å²) in [5.74, 6) is 0. The molecule has 0 aliphatic rings. The van der Waals surface area contributed by atoms with Crippen LogP contribution in [0.15, 0.2) is 30.3 Å². The quantitative estimate of drug-likeness (QED) is 0.479. The van der Waals surface area contributed by atoms with Crippen molar-refractivity contribution in [1.29, 1.82) is 0 Å². The summed E-state index contributed by atoms with van der Waals surface area (Å²) in [6.45, 7) is 4.29. The number of carbonyl (C=O) groups is 1. The van der Waals surface area contributed by atoms with Gasteiger partial charge < -0.3 is 4.79 Å². The molecule has 0 radical (unpaired) electrons. The molecule has 0 aromatic heterocycles. The fourth-order valence-electron chi connectivity index (χ4n) is 2.21. The number of aldehydes is 1. The van der Waals surface area contributed by atoms with Gasteiger partial charge in [0.2, 0.25) is 0 Å². The second-order valence-electron chi connectivity index (χ2n) is 5.24. The molecule has 94 valence electrons. The highest BCUT2D eigenvalue weighted by Gasteiger charge is 2.23. The van der Waals surface area contributed by atoms with E-state index in [2.05, 4.69) is 26.0 Å². The average Bonchev–Trinajstić information content (AvgIpc) is 2.36. The molecule has 17 heavy (non-hydrogen) atoms. The van der Waals surface area contributed by atoms with Gasteiger partial charge in [-0.25, -0.2) is 0 Å². The van der Waals surface area contributed by atoms with Crippen LogP contribution in [-0.4, -0.2) is 6.29 Å². The lowest BCUT2D eigenvalue weighted by Crippen LogP contribution is -2.21. The maximum absolute atomic E-state index is 11.3. The van der Waals surface area contributed by atoms with E-state index in [9.17, 15) is 4.79 Å². The molecule has 0 spiro atoms. The van der Waals surface area contributed by atoms with E-state index in [1.165, 1.54) is 24.8 Å².